The number of carbonyl (C=O) groups is 1. The number of methoxy groups -OCH3 is 1. The van der Waals surface area contributed by atoms with Crippen molar-refractivity contribution < 1.29 is 19.0 Å². The third kappa shape index (κ3) is 3.32. The Morgan fingerprint density at radius 3 is 2.62 bits per heavy atom. The van der Waals surface area contributed by atoms with E-state index in [2.05, 4.69) is 11.0 Å². The molecule has 4 rings (SSSR count). The number of piperazine rings is 1. The molecule has 0 bridgehead atoms. The van der Waals surface area contributed by atoms with Gasteiger partial charge in [-0.2, -0.15) is 0 Å². The van der Waals surface area contributed by atoms with Crippen LogP contribution >= 0.6 is 0 Å². The van der Waals surface area contributed by atoms with Crippen LogP contribution in [0.15, 0.2) is 42.5 Å². The van der Waals surface area contributed by atoms with Gasteiger partial charge in [0.25, 0.3) is 5.91 Å². The molecule has 0 spiro atoms. The van der Waals surface area contributed by atoms with Crippen LogP contribution in [0.25, 0.3) is 0 Å². The van der Waals surface area contributed by atoms with E-state index in [0.29, 0.717) is 30.2 Å². The van der Waals surface area contributed by atoms with E-state index in [1.807, 2.05) is 23.1 Å². The van der Waals surface area contributed by atoms with Crippen molar-refractivity contribution in [3.05, 3.63) is 53.6 Å². The van der Waals surface area contributed by atoms with Crippen molar-refractivity contribution in [3.8, 4) is 17.2 Å². The number of para-hydroxylation sites is 1. The lowest BCUT2D eigenvalue weighted by atomic mass is 10.1. The highest BCUT2D eigenvalue weighted by Gasteiger charge is 2.24. The van der Waals surface area contributed by atoms with E-state index in [1.54, 1.807) is 25.3 Å². The van der Waals surface area contributed by atoms with Crippen molar-refractivity contribution >= 4 is 5.91 Å². The van der Waals surface area contributed by atoms with E-state index in [1.165, 1.54) is 5.56 Å². The summed E-state index contributed by atoms with van der Waals surface area (Å²) in [5.74, 6) is 2.29. The van der Waals surface area contributed by atoms with E-state index < -0.39 is 0 Å². The number of nitrogens with zero attached hydrogens (tertiary/aromatic N) is 2. The summed E-state index contributed by atoms with van der Waals surface area (Å²) in [5, 5.41) is 0. The summed E-state index contributed by atoms with van der Waals surface area (Å²) in [7, 11) is 1.70. The van der Waals surface area contributed by atoms with Gasteiger partial charge in [0.2, 0.25) is 6.79 Å². The monoisotopic (exact) mass is 354 g/mol. The summed E-state index contributed by atoms with van der Waals surface area (Å²) < 4.78 is 16.1. The first kappa shape index (κ1) is 16.7. The maximum Gasteiger partial charge on any atom is 0.254 e. The van der Waals surface area contributed by atoms with Crippen LogP contribution in [0.1, 0.15) is 15.9 Å². The predicted molar refractivity (Wildman–Crippen MR) is 96.7 cm³/mol. The average molecular weight is 354 g/mol. The van der Waals surface area contributed by atoms with Crippen LogP contribution < -0.4 is 14.2 Å². The highest BCUT2D eigenvalue weighted by atomic mass is 16.7. The van der Waals surface area contributed by atoms with E-state index in [4.69, 9.17) is 14.2 Å². The molecule has 1 fully saturated rings. The highest BCUT2D eigenvalue weighted by Crippen LogP contribution is 2.33. The fourth-order valence-corrected chi connectivity index (χ4v) is 3.40. The molecule has 2 aliphatic rings. The molecular weight excluding hydrogens is 332 g/mol. The third-order valence-electron chi connectivity index (χ3n) is 4.87. The molecule has 0 atom stereocenters. The molecule has 0 aromatic heterocycles. The normalized spacial score (nSPS) is 16.6. The number of fused-ring (bicyclic) bond motifs is 1. The van der Waals surface area contributed by atoms with Gasteiger partial charge in [-0.25, -0.2) is 0 Å². The Bertz CT molecular complexity index is 800. The summed E-state index contributed by atoms with van der Waals surface area (Å²) in [4.78, 5) is 17.0. The largest absolute Gasteiger partial charge is 0.496 e. The molecule has 0 radical (unpaired) electrons. The average Bonchev–Trinajstić information content (AvgIpc) is 3.16. The van der Waals surface area contributed by atoms with Crippen LogP contribution in [0.4, 0.5) is 0 Å². The minimum atomic E-state index is 0.0419. The van der Waals surface area contributed by atoms with Gasteiger partial charge in [0.05, 0.1) is 7.11 Å². The maximum atomic E-state index is 12.8. The van der Waals surface area contributed by atoms with Crippen LogP contribution in [-0.2, 0) is 6.54 Å². The van der Waals surface area contributed by atoms with E-state index in [9.17, 15) is 4.79 Å². The second-order valence-electron chi connectivity index (χ2n) is 6.45. The van der Waals surface area contributed by atoms with Gasteiger partial charge < -0.3 is 19.1 Å². The fourth-order valence-electron chi connectivity index (χ4n) is 3.40. The molecule has 0 saturated carbocycles. The number of carbonyl (C=O) groups excluding carboxylic acids is 1. The molecule has 6 heteroatoms. The van der Waals surface area contributed by atoms with Crippen LogP contribution in [-0.4, -0.2) is 55.8 Å². The quantitative estimate of drug-likeness (QED) is 0.844. The molecular formula is C20H22N2O4. The number of amides is 1. The predicted octanol–water partition coefficient (Wildman–Crippen LogP) is 2.38. The van der Waals surface area contributed by atoms with Crippen LogP contribution in [0.5, 0.6) is 17.2 Å². The van der Waals surface area contributed by atoms with Crippen molar-refractivity contribution in [2.24, 2.45) is 0 Å². The summed E-state index contributed by atoms with van der Waals surface area (Å²) in [5.41, 5.74) is 1.82. The zero-order valence-electron chi connectivity index (χ0n) is 14.8. The zero-order chi connectivity index (χ0) is 17.9. The molecule has 0 aliphatic carbocycles. The van der Waals surface area contributed by atoms with Crippen LogP contribution in [0.2, 0.25) is 0 Å². The molecule has 2 aromatic rings. The van der Waals surface area contributed by atoms with Gasteiger partial charge in [-0.05, 0) is 24.3 Å². The Morgan fingerprint density at radius 2 is 1.81 bits per heavy atom. The number of hydrogen-bond acceptors (Lipinski definition) is 5. The SMILES string of the molecule is COc1ccccc1CN1CCN(C(=O)c2ccc3c(c2)OCO3)CC1. The van der Waals surface area contributed by atoms with Gasteiger partial charge >= 0.3 is 0 Å². The topological polar surface area (TPSA) is 51.2 Å². The van der Waals surface area contributed by atoms with Gasteiger partial charge in [-0.15, -0.1) is 0 Å². The smallest absolute Gasteiger partial charge is 0.254 e. The van der Waals surface area contributed by atoms with Crippen molar-refractivity contribution in [1.82, 2.24) is 9.80 Å². The van der Waals surface area contributed by atoms with Crippen molar-refractivity contribution in [3.63, 3.8) is 0 Å². The number of ether oxygens (including phenoxy) is 3. The number of rotatable bonds is 4. The number of benzene rings is 2. The van der Waals surface area contributed by atoms with Crippen LogP contribution in [0, 0.1) is 0 Å². The van der Waals surface area contributed by atoms with Gasteiger partial charge in [0, 0.05) is 43.9 Å². The second kappa shape index (κ2) is 7.25. The minimum Gasteiger partial charge on any atom is -0.496 e. The summed E-state index contributed by atoms with van der Waals surface area (Å²) in [6.45, 7) is 4.15. The first-order chi connectivity index (χ1) is 12.7. The standard InChI is InChI=1S/C20H22N2O4/c1-24-17-5-3-2-4-16(17)13-21-8-10-22(11-9-21)20(23)15-6-7-18-19(12-15)26-14-25-18/h2-7,12H,8-11,13-14H2,1H3. The Balaban J connectivity index is 1.36. The van der Waals surface area contributed by atoms with Gasteiger partial charge in [-0.1, -0.05) is 18.2 Å². The van der Waals surface area contributed by atoms with Crippen molar-refractivity contribution in [2.45, 2.75) is 6.54 Å². The lowest BCUT2D eigenvalue weighted by Gasteiger charge is -2.35. The summed E-state index contributed by atoms with van der Waals surface area (Å²) in [6.07, 6.45) is 0. The van der Waals surface area contributed by atoms with Gasteiger partial charge in [-0.3, -0.25) is 9.69 Å². The van der Waals surface area contributed by atoms with Crippen LogP contribution in [0.3, 0.4) is 0 Å². The molecule has 6 nitrogen and oxygen atoms in total. The second-order valence-corrected chi connectivity index (χ2v) is 6.45. The molecule has 26 heavy (non-hydrogen) atoms. The molecule has 1 saturated heterocycles. The first-order valence-corrected chi connectivity index (χ1v) is 8.78. The van der Waals surface area contributed by atoms with Gasteiger partial charge in [0.1, 0.15) is 5.75 Å². The Labute approximate surface area is 152 Å². The van der Waals surface area contributed by atoms with E-state index in [0.717, 1.165) is 25.4 Å². The molecule has 2 heterocycles. The first-order valence-electron chi connectivity index (χ1n) is 8.78. The summed E-state index contributed by atoms with van der Waals surface area (Å²) >= 11 is 0. The minimum absolute atomic E-state index is 0.0419. The summed E-state index contributed by atoms with van der Waals surface area (Å²) in [6, 6.07) is 13.4. The molecule has 0 unspecified atom stereocenters. The molecule has 2 aliphatic heterocycles. The molecule has 1 amide bonds. The zero-order valence-corrected chi connectivity index (χ0v) is 14.8. The Kier molecular flexibility index (Phi) is 4.67. The van der Waals surface area contributed by atoms with E-state index >= 15 is 0 Å². The lowest BCUT2D eigenvalue weighted by Crippen LogP contribution is -2.48. The van der Waals surface area contributed by atoms with Gasteiger partial charge in [0.15, 0.2) is 11.5 Å². The number of hydrogen-bond donors (Lipinski definition) is 0. The van der Waals surface area contributed by atoms with Crippen molar-refractivity contribution in [1.29, 1.82) is 0 Å². The van der Waals surface area contributed by atoms with Crippen molar-refractivity contribution in [2.75, 3.05) is 40.1 Å². The third-order valence-corrected chi connectivity index (χ3v) is 4.87. The molecule has 0 N–H and O–H groups in total. The fraction of sp³-hybridized carbons (Fsp3) is 0.350. The maximum absolute atomic E-state index is 12.8. The Morgan fingerprint density at radius 1 is 1.04 bits per heavy atom. The molecule has 136 valence electrons. The molecule has 2 aromatic carbocycles. The van der Waals surface area contributed by atoms with E-state index in [-0.39, 0.29) is 12.7 Å². The lowest BCUT2D eigenvalue weighted by molar-refractivity contribution is 0.0627. The Hall–Kier alpha value is -2.73. The highest BCUT2D eigenvalue weighted by molar-refractivity contribution is 5.95.